The van der Waals surface area contributed by atoms with Crippen LogP contribution < -0.4 is 4.90 Å². The smallest absolute Gasteiger partial charge is 0.340 e. The predicted molar refractivity (Wildman–Crippen MR) is 128 cm³/mol. The van der Waals surface area contributed by atoms with Gasteiger partial charge in [-0.2, -0.15) is 10.5 Å². The summed E-state index contributed by atoms with van der Waals surface area (Å²) in [5.41, 5.74) is -3.91. The summed E-state index contributed by atoms with van der Waals surface area (Å²) in [4.78, 5) is 34.5. The molecule has 0 bridgehead atoms. The minimum absolute atomic E-state index is 0.192. The lowest BCUT2D eigenvalue weighted by molar-refractivity contribution is -0.154. The molecule has 0 unspecified atom stereocenters. The molecule has 7 nitrogen and oxygen atoms in total. The molecular weight excluding hydrogens is 440 g/mol. The van der Waals surface area contributed by atoms with Gasteiger partial charge < -0.3 is 9.64 Å². The quantitative estimate of drug-likeness (QED) is 0.553. The van der Waals surface area contributed by atoms with E-state index in [1.807, 2.05) is 30.3 Å². The molecule has 0 radical (unpaired) electrons. The summed E-state index contributed by atoms with van der Waals surface area (Å²) < 4.78 is 5.24. The fraction of sp³-hybridized carbons (Fsp3) is 0.179. The van der Waals surface area contributed by atoms with E-state index in [2.05, 4.69) is 17.1 Å². The average Bonchev–Trinajstić information content (AvgIpc) is 3.37. The second-order valence-corrected chi connectivity index (χ2v) is 8.50. The van der Waals surface area contributed by atoms with Gasteiger partial charge in [-0.05, 0) is 22.8 Å². The maximum absolute atomic E-state index is 14.7. The highest BCUT2D eigenvalue weighted by atomic mass is 16.5. The Labute approximate surface area is 202 Å². The topological polar surface area (TPSA) is 107 Å². The van der Waals surface area contributed by atoms with Gasteiger partial charge in [0.25, 0.3) is 0 Å². The second kappa shape index (κ2) is 7.93. The Bertz CT molecular complexity index is 1420. The van der Waals surface area contributed by atoms with Crippen molar-refractivity contribution in [3.05, 3.63) is 102 Å². The second-order valence-electron chi connectivity index (χ2n) is 8.50. The molecule has 2 aliphatic rings. The molecule has 2 atom stereocenters. The molecule has 0 aromatic heterocycles. The van der Waals surface area contributed by atoms with Crippen LogP contribution in [0.5, 0.6) is 0 Å². The van der Waals surface area contributed by atoms with Crippen molar-refractivity contribution in [3.63, 3.8) is 0 Å². The van der Waals surface area contributed by atoms with Crippen molar-refractivity contribution in [3.8, 4) is 12.1 Å². The summed E-state index contributed by atoms with van der Waals surface area (Å²) in [6, 6.07) is 29.0. The summed E-state index contributed by atoms with van der Waals surface area (Å²) in [6.07, 6.45) is 1.15. The van der Waals surface area contributed by atoms with E-state index in [1.54, 1.807) is 54.6 Å². The minimum Gasteiger partial charge on any atom is -0.467 e. The number of anilines is 1. The number of fused-ring (bicyclic) bond motifs is 2. The number of esters is 1. The number of methoxy groups -OCH3 is 1. The predicted octanol–water partition coefficient (Wildman–Crippen LogP) is 3.66. The summed E-state index contributed by atoms with van der Waals surface area (Å²) in [6.45, 7) is 0.192. The van der Waals surface area contributed by atoms with E-state index < -0.39 is 28.2 Å². The van der Waals surface area contributed by atoms with Crippen LogP contribution in [0.25, 0.3) is 0 Å². The molecule has 35 heavy (non-hydrogen) atoms. The molecule has 5 rings (SSSR count). The number of carbonyl (C=O) groups excluding carboxylic acids is 2. The van der Waals surface area contributed by atoms with Gasteiger partial charge in [0, 0.05) is 11.9 Å². The number of benzene rings is 3. The normalized spacial score (nSPS) is 23.5. The largest absolute Gasteiger partial charge is 0.467 e. The lowest BCUT2D eigenvalue weighted by atomic mass is 9.53. The first-order valence-electron chi connectivity index (χ1n) is 11.0. The Morgan fingerprint density at radius 3 is 2.17 bits per heavy atom. The van der Waals surface area contributed by atoms with Gasteiger partial charge in [0.1, 0.15) is 0 Å². The number of nitriles is 2. The molecule has 0 N–H and O–H groups in total. The SMILES string of the molecule is COC(=O)[C@@]1(c2ccccc2)N=CC(C#N)(C#N)[C@@]12C(=O)N(Cc1ccccc1)c1ccccc12. The van der Waals surface area contributed by atoms with Crippen molar-refractivity contribution >= 4 is 23.8 Å². The number of para-hydroxylation sites is 1. The van der Waals surface area contributed by atoms with Crippen LogP contribution in [0.3, 0.4) is 0 Å². The third-order valence-electron chi connectivity index (χ3n) is 6.96. The molecule has 0 fully saturated rings. The molecule has 0 saturated carbocycles. The van der Waals surface area contributed by atoms with Crippen LogP contribution >= 0.6 is 0 Å². The van der Waals surface area contributed by atoms with Crippen LogP contribution in [-0.4, -0.2) is 25.2 Å². The Kier molecular flexibility index (Phi) is 5.00. The standard InChI is InChI=1S/C28H20N4O3/c1-35-25(34)28(21-12-6-3-7-13-21)27(26(17-29,18-30)19-31-28)22-14-8-9-15-23(22)32(24(27)33)16-20-10-4-2-5-11-20/h2-15,19H,16H2,1H3/t27-,28-/m1/s1. The van der Waals surface area contributed by atoms with E-state index in [1.165, 1.54) is 12.0 Å². The highest BCUT2D eigenvalue weighted by molar-refractivity contribution is 6.18. The molecule has 3 aromatic carbocycles. The van der Waals surface area contributed by atoms with E-state index in [0.717, 1.165) is 11.8 Å². The molecule has 2 heterocycles. The van der Waals surface area contributed by atoms with Crippen LogP contribution in [0, 0.1) is 28.1 Å². The van der Waals surface area contributed by atoms with Crippen LogP contribution in [0.2, 0.25) is 0 Å². The average molecular weight is 460 g/mol. The maximum atomic E-state index is 14.7. The van der Waals surface area contributed by atoms with Gasteiger partial charge >= 0.3 is 5.97 Å². The van der Waals surface area contributed by atoms with Gasteiger partial charge in [-0.3, -0.25) is 9.79 Å². The third kappa shape index (κ3) is 2.61. The summed E-state index contributed by atoms with van der Waals surface area (Å²) >= 11 is 0. The fourth-order valence-corrected chi connectivity index (χ4v) is 5.47. The van der Waals surface area contributed by atoms with Crippen molar-refractivity contribution in [1.29, 1.82) is 10.5 Å². The monoisotopic (exact) mass is 460 g/mol. The maximum Gasteiger partial charge on any atom is 0.340 e. The van der Waals surface area contributed by atoms with Gasteiger partial charge in [-0.1, -0.05) is 78.9 Å². The summed E-state index contributed by atoms with van der Waals surface area (Å²) in [7, 11) is 1.21. The van der Waals surface area contributed by atoms with Crippen molar-refractivity contribution in [1.82, 2.24) is 0 Å². The third-order valence-corrected chi connectivity index (χ3v) is 6.96. The molecule has 170 valence electrons. The minimum atomic E-state index is -2.06. The number of carbonyl (C=O) groups is 2. The Hall–Kier alpha value is -4.75. The number of amides is 1. The van der Waals surface area contributed by atoms with E-state index >= 15 is 0 Å². The van der Waals surface area contributed by atoms with Crippen LogP contribution in [0.15, 0.2) is 89.9 Å². The molecule has 0 saturated heterocycles. The van der Waals surface area contributed by atoms with Crippen molar-refractivity contribution in [2.24, 2.45) is 10.4 Å². The number of hydrogen-bond donors (Lipinski definition) is 0. The van der Waals surface area contributed by atoms with E-state index in [-0.39, 0.29) is 6.54 Å². The first-order chi connectivity index (χ1) is 17.0. The Balaban J connectivity index is 1.88. The molecule has 0 aliphatic carbocycles. The van der Waals surface area contributed by atoms with Crippen molar-refractivity contribution in [2.75, 3.05) is 12.0 Å². The molecular formula is C28H20N4O3. The zero-order chi connectivity index (χ0) is 24.7. The van der Waals surface area contributed by atoms with E-state index in [4.69, 9.17) is 4.74 Å². The molecule has 3 aromatic rings. The van der Waals surface area contributed by atoms with Crippen molar-refractivity contribution < 1.29 is 14.3 Å². The molecule has 1 amide bonds. The zero-order valence-corrected chi connectivity index (χ0v) is 18.9. The van der Waals surface area contributed by atoms with Gasteiger partial charge in [0.2, 0.25) is 11.4 Å². The molecule has 2 aliphatic heterocycles. The van der Waals surface area contributed by atoms with Gasteiger partial charge in [-0.25, -0.2) is 4.79 Å². The lowest BCUT2D eigenvalue weighted by Gasteiger charge is -2.42. The number of hydrogen-bond acceptors (Lipinski definition) is 6. The van der Waals surface area contributed by atoms with Crippen LogP contribution in [0.1, 0.15) is 16.7 Å². The number of ether oxygens (including phenoxy) is 1. The number of nitrogens with zero attached hydrogens (tertiary/aromatic N) is 4. The highest BCUT2D eigenvalue weighted by Crippen LogP contribution is 2.64. The van der Waals surface area contributed by atoms with Gasteiger partial charge in [-0.15, -0.1) is 0 Å². The fourth-order valence-electron chi connectivity index (χ4n) is 5.47. The lowest BCUT2D eigenvalue weighted by Crippen LogP contribution is -2.63. The van der Waals surface area contributed by atoms with E-state index in [9.17, 15) is 20.1 Å². The molecule has 7 heteroatoms. The highest BCUT2D eigenvalue weighted by Gasteiger charge is 2.80. The van der Waals surface area contributed by atoms with Gasteiger partial charge in [0.05, 0.1) is 25.8 Å². The van der Waals surface area contributed by atoms with Crippen molar-refractivity contribution in [2.45, 2.75) is 17.5 Å². The molecule has 1 spiro atoms. The first-order valence-corrected chi connectivity index (χ1v) is 11.0. The van der Waals surface area contributed by atoms with E-state index in [0.29, 0.717) is 16.8 Å². The summed E-state index contributed by atoms with van der Waals surface area (Å²) in [5, 5.41) is 20.8. The number of rotatable bonds is 4. The first kappa shape index (κ1) is 22.1. The summed E-state index contributed by atoms with van der Waals surface area (Å²) in [5.74, 6) is -1.38. The van der Waals surface area contributed by atoms with Crippen LogP contribution in [-0.2, 0) is 31.8 Å². The number of aliphatic imine (C=N–C) groups is 1. The zero-order valence-electron chi connectivity index (χ0n) is 18.9. The Morgan fingerprint density at radius 2 is 1.54 bits per heavy atom. The van der Waals surface area contributed by atoms with Crippen LogP contribution in [0.4, 0.5) is 5.69 Å². The van der Waals surface area contributed by atoms with Gasteiger partial charge in [0.15, 0.2) is 10.8 Å². The Morgan fingerprint density at radius 1 is 0.943 bits per heavy atom.